The Morgan fingerprint density at radius 1 is 0.737 bits per heavy atom. The summed E-state index contributed by atoms with van der Waals surface area (Å²) < 4.78 is 0. The molecule has 6 nitrogen and oxygen atoms in total. The van der Waals surface area contributed by atoms with Crippen molar-refractivity contribution in [3.63, 3.8) is 0 Å². The maximum atomic E-state index is 11.4. The lowest BCUT2D eigenvalue weighted by molar-refractivity contribution is -0.587. The molecule has 0 fully saturated rings. The molecule has 0 spiro atoms. The van der Waals surface area contributed by atoms with Crippen LogP contribution in [0.2, 0.25) is 0 Å². The highest BCUT2D eigenvalue weighted by Crippen LogP contribution is 2.04. The first-order valence-corrected chi connectivity index (χ1v) is 6.44. The van der Waals surface area contributed by atoms with Crippen LogP contribution >= 0.6 is 0 Å². The number of carbonyl (C=O) groups excluding carboxylic acids is 4. The number of Topliss-reactive ketones (excluding diaryl/α,β-unsaturated/α-hetero) is 4. The summed E-state index contributed by atoms with van der Waals surface area (Å²) in [5.41, 5.74) is 0.674. The summed E-state index contributed by atoms with van der Waals surface area (Å²) in [6.07, 6.45) is 1.09. The Hall–Kier alpha value is -1.40. The molecule has 108 valence electrons. The average Bonchev–Trinajstić information content (AvgIpc) is 2.37. The van der Waals surface area contributed by atoms with Crippen LogP contribution in [0.1, 0.15) is 51.9 Å². The molecule has 0 bridgehead atoms. The van der Waals surface area contributed by atoms with E-state index in [1.54, 1.807) is 0 Å². The third-order valence-electron chi connectivity index (χ3n) is 2.66. The van der Waals surface area contributed by atoms with Crippen molar-refractivity contribution < 1.29 is 24.7 Å². The van der Waals surface area contributed by atoms with E-state index in [0.29, 0.717) is 5.48 Å². The first-order valence-electron chi connectivity index (χ1n) is 6.44. The van der Waals surface area contributed by atoms with Crippen molar-refractivity contribution in [2.45, 2.75) is 51.9 Å². The second kappa shape index (κ2) is 10.5. The van der Waals surface area contributed by atoms with Crippen molar-refractivity contribution in [3.8, 4) is 0 Å². The fraction of sp³-hybridized carbons (Fsp3) is 0.692. The fourth-order valence-electron chi connectivity index (χ4n) is 1.47. The fourth-order valence-corrected chi connectivity index (χ4v) is 1.47. The summed E-state index contributed by atoms with van der Waals surface area (Å²) >= 11 is 0. The molecule has 0 aliphatic rings. The maximum Gasteiger partial charge on any atom is 0.138 e. The smallest absolute Gasteiger partial charge is 0.138 e. The highest BCUT2D eigenvalue weighted by molar-refractivity contribution is 5.90. The van der Waals surface area contributed by atoms with Crippen molar-refractivity contribution in [1.82, 2.24) is 0 Å². The summed E-state index contributed by atoms with van der Waals surface area (Å²) in [5.74, 6) is -0.379. The van der Waals surface area contributed by atoms with Crippen LogP contribution in [-0.2, 0) is 19.2 Å². The van der Waals surface area contributed by atoms with Gasteiger partial charge in [0, 0.05) is 38.5 Å². The number of nitrogens with two attached hydrogens (primary N) is 1. The molecule has 0 unspecified atom stereocenters. The minimum absolute atomic E-state index is 0.0412. The zero-order chi connectivity index (χ0) is 14.7. The topological polar surface area (TPSA) is 108 Å². The van der Waals surface area contributed by atoms with Crippen LogP contribution in [0.15, 0.2) is 0 Å². The highest BCUT2D eigenvalue weighted by atomic mass is 16.5. The molecule has 0 aliphatic heterocycles. The third-order valence-corrected chi connectivity index (χ3v) is 2.66. The van der Waals surface area contributed by atoms with Gasteiger partial charge in [-0.15, -0.1) is 0 Å². The van der Waals surface area contributed by atoms with Gasteiger partial charge in [0.2, 0.25) is 0 Å². The molecule has 19 heavy (non-hydrogen) atoms. The number of hydroxylamine groups is 1. The van der Waals surface area contributed by atoms with Crippen LogP contribution in [0.5, 0.6) is 0 Å². The van der Waals surface area contributed by atoms with E-state index in [9.17, 15) is 24.4 Å². The first kappa shape index (κ1) is 17.6. The molecule has 0 amide bonds. The minimum Gasteiger partial charge on any atom is -0.636 e. The van der Waals surface area contributed by atoms with E-state index in [0.717, 1.165) is 0 Å². The van der Waals surface area contributed by atoms with Crippen molar-refractivity contribution in [3.05, 3.63) is 5.21 Å². The van der Waals surface area contributed by atoms with Gasteiger partial charge in [-0.3, -0.25) is 14.4 Å². The summed E-state index contributed by atoms with van der Waals surface area (Å²) in [6.45, 7) is 1.61. The molecule has 0 heterocycles. The van der Waals surface area contributed by atoms with Gasteiger partial charge in [0.05, 0.1) is 13.0 Å². The summed E-state index contributed by atoms with van der Waals surface area (Å²) in [5, 5.41) is 10.1. The lowest BCUT2D eigenvalue weighted by atomic mass is 10.0. The Balaban J connectivity index is 3.66. The third kappa shape index (κ3) is 11.4. The molecule has 6 heteroatoms. The van der Waals surface area contributed by atoms with Gasteiger partial charge < -0.3 is 15.5 Å². The Labute approximate surface area is 112 Å². The van der Waals surface area contributed by atoms with E-state index in [4.69, 9.17) is 0 Å². The molecule has 0 aromatic heterocycles. The Bertz CT molecular complexity index is 338. The normalized spacial score (nSPS) is 10.2. The zero-order valence-electron chi connectivity index (χ0n) is 11.3. The van der Waals surface area contributed by atoms with E-state index in [2.05, 4.69) is 0 Å². The maximum absolute atomic E-state index is 11.4. The molecule has 0 atom stereocenters. The van der Waals surface area contributed by atoms with Crippen LogP contribution in [0.3, 0.4) is 0 Å². The number of rotatable bonds is 12. The predicted molar refractivity (Wildman–Crippen MR) is 68.2 cm³/mol. The quantitative estimate of drug-likeness (QED) is 0.505. The van der Waals surface area contributed by atoms with Gasteiger partial charge in [-0.05, 0) is 6.92 Å². The largest absolute Gasteiger partial charge is 0.636 e. The molecule has 0 aromatic rings. The molecule has 0 aliphatic carbocycles. The Kier molecular flexibility index (Phi) is 9.74. The van der Waals surface area contributed by atoms with Gasteiger partial charge in [-0.25, -0.2) is 0 Å². The van der Waals surface area contributed by atoms with Crippen LogP contribution in [0.4, 0.5) is 0 Å². The lowest BCUT2D eigenvalue weighted by Gasteiger charge is -2.02. The number of quaternary nitrogens is 1. The van der Waals surface area contributed by atoms with Gasteiger partial charge in [0.1, 0.15) is 23.1 Å². The summed E-state index contributed by atoms with van der Waals surface area (Å²) in [7, 11) is 0. The second-order valence-electron chi connectivity index (χ2n) is 4.52. The van der Waals surface area contributed by atoms with Crippen molar-refractivity contribution in [1.29, 1.82) is 0 Å². The monoisotopic (exact) mass is 271 g/mol. The molecule has 0 saturated carbocycles. The van der Waals surface area contributed by atoms with E-state index in [1.807, 2.05) is 0 Å². The van der Waals surface area contributed by atoms with Crippen LogP contribution in [0, 0.1) is 5.21 Å². The van der Waals surface area contributed by atoms with Crippen LogP contribution in [-0.4, -0.2) is 29.7 Å². The summed E-state index contributed by atoms with van der Waals surface area (Å²) in [4.78, 5) is 44.6. The van der Waals surface area contributed by atoms with Gasteiger partial charge in [0.25, 0.3) is 0 Å². The number of ketones is 4. The SMILES string of the molecule is CC(=O)CCC(=O)CCC(=O)CCC(=O)CC[NH2+][O-]. The Morgan fingerprint density at radius 2 is 1.11 bits per heavy atom. The highest BCUT2D eigenvalue weighted by Gasteiger charge is 2.10. The standard InChI is InChI=1S/C13H21NO5/c1-10(15)2-3-11(16)4-5-12(17)6-7-13(18)8-9-14-19/h2-9,14H2,1H3. The number of carbonyl (C=O) groups is 4. The molecule has 0 rings (SSSR count). The molecular weight excluding hydrogens is 250 g/mol. The Morgan fingerprint density at radius 3 is 1.47 bits per heavy atom. The molecule has 0 saturated heterocycles. The second-order valence-corrected chi connectivity index (χ2v) is 4.52. The lowest BCUT2D eigenvalue weighted by Crippen LogP contribution is -2.77. The molecule has 0 radical (unpaired) electrons. The minimum atomic E-state index is -0.129. The predicted octanol–water partition coefficient (Wildman–Crippen LogP) is 0.0746. The van der Waals surface area contributed by atoms with Gasteiger partial charge in [-0.2, -0.15) is 0 Å². The average molecular weight is 271 g/mol. The summed E-state index contributed by atoms with van der Waals surface area (Å²) in [6, 6.07) is 0. The first-order chi connectivity index (χ1) is 8.95. The van der Waals surface area contributed by atoms with Crippen molar-refractivity contribution in [2.75, 3.05) is 6.54 Å². The number of hydrogen-bond donors (Lipinski definition) is 1. The van der Waals surface area contributed by atoms with Gasteiger partial charge in [0.15, 0.2) is 0 Å². The molecule has 2 N–H and O–H groups in total. The number of hydrogen-bond acceptors (Lipinski definition) is 5. The van der Waals surface area contributed by atoms with Crippen molar-refractivity contribution >= 4 is 23.1 Å². The molecular formula is C13H21NO5. The zero-order valence-corrected chi connectivity index (χ0v) is 11.3. The molecule has 0 aromatic carbocycles. The van der Waals surface area contributed by atoms with Crippen molar-refractivity contribution in [2.24, 2.45) is 0 Å². The van der Waals surface area contributed by atoms with Crippen LogP contribution < -0.4 is 5.48 Å². The van der Waals surface area contributed by atoms with E-state index >= 15 is 0 Å². The van der Waals surface area contributed by atoms with Crippen LogP contribution in [0.25, 0.3) is 0 Å². The van der Waals surface area contributed by atoms with E-state index in [1.165, 1.54) is 6.92 Å². The van der Waals surface area contributed by atoms with E-state index < -0.39 is 0 Å². The van der Waals surface area contributed by atoms with E-state index in [-0.39, 0.29) is 74.6 Å². The van der Waals surface area contributed by atoms with Gasteiger partial charge in [-0.1, -0.05) is 0 Å². The van der Waals surface area contributed by atoms with Gasteiger partial charge >= 0.3 is 0 Å².